The van der Waals surface area contributed by atoms with Gasteiger partial charge in [-0.15, -0.1) is 0 Å². The highest BCUT2D eigenvalue weighted by Gasteiger charge is 2.40. The third-order valence-electron chi connectivity index (χ3n) is 4.62. The standard InChI is InChI=1S/C15H27N3O3/c1-2-18(12-6-7-12)11-10-16-14(21)17-15(13(19)20)8-4-3-5-9-15/h12H,2-11H2,1H3,(H,19,20)(H2,16,17,21). The predicted molar refractivity (Wildman–Crippen MR) is 80.3 cm³/mol. The molecule has 0 aromatic carbocycles. The first-order valence-electron chi connectivity index (χ1n) is 8.11. The summed E-state index contributed by atoms with van der Waals surface area (Å²) >= 11 is 0. The highest BCUT2D eigenvalue weighted by Crippen LogP contribution is 2.28. The minimum atomic E-state index is -1.07. The Morgan fingerprint density at radius 3 is 2.43 bits per heavy atom. The van der Waals surface area contributed by atoms with Crippen LogP contribution in [0.3, 0.4) is 0 Å². The van der Waals surface area contributed by atoms with Crippen molar-refractivity contribution < 1.29 is 14.7 Å². The first-order valence-corrected chi connectivity index (χ1v) is 8.11. The van der Waals surface area contributed by atoms with E-state index in [1.165, 1.54) is 12.8 Å². The largest absolute Gasteiger partial charge is 0.480 e. The first kappa shape index (κ1) is 16.1. The normalized spacial score (nSPS) is 21.0. The van der Waals surface area contributed by atoms with Crippen LogP contribution in [-0.4, -0.2) is 53.2 Å². The number of hydrogen-bond acceptors (Lipinski definition) is 3. The Hall–Kier alpha value is -1.30. The van der Waals surface area contributed by atoms with Gasteiger partial charge in [-0.1, -0.05) is 26.2 Å². The summed E-state index contributed by atoms with van der Waals surface area (Å²) in [6, 6.07) is 0.328. The lowest BCUT2D eigenvalue weighted by molar-refractivity contribution is -0.145. The Kier molecular flexibility index (Phi) is 5.45. The summed E-state index contributed by atoms with van der Waals surface area (Å²) in [6.45, 7) is 4.51. The number of aliphatic carboxylic acids is 1. The van der Waals surface area contributed by atoms with E-state index in [4.69, 9.17) is 0 Å². The number of urea groups is 1. The fourth-order valence-electron chi connectivity index (χ4n) is 3.16. The average Bonchev–Trinajstić information content (AvgIpc) is 3.29. The van der Waals surface area contributed by atoms with Gasteiger partial charge in [0.05, 0.1) is 0 Å². The Bertz CT molecular complexity index is 376. The Balaban J connectivity index is 1.75. The van der Waals surface area contributed by atoms with Gasteiger partial charge in [-0.3, -0.25) is 4.90 Å². The van der Waals surface area contributed by atoms with Crippen LogP contribution < -0.4 is 10.6 Å². The lowest BCUT2D eigenvalue weighted by atomic mass is 9.82. The molecule has 2 amide bonds. The van der Waals surface area contributed by atoms with Crippen LogP contribution in [-0.2, 0) is 4.79 Å². The molecule has 0 radical (unpaired) electrons. The van der Waals surface area contributed by atoms with Crippen molar-refractivity contribution in [2.45, 2.75) is 63.5 Å². The molecule has 2 saturated carbocycles. The zero-order valence-corrected chi connectivity index (χ0v) is 12.9. The number of likely N-dealkylation sites (N-methyl/N-ethyl adjacent to an activating group) is 1. The molecule has 0 atom stereocenters. The number of hydrogen-bond donors (Lipinski definition) is 3. The van der Waals surface area contributed by atoms with Crippen LogP contribution in [0.15, 0.2) is 0 Å². The molecule has 0 unspecified atom stereocenters. The van der Waals surface area contributed by atoms with Crippen LogP contribution >= 0.6 is 0 Å². The molecule has 21 heavy (non-hydrogen) atoms. The van der Waals surface area contributed by atoms with E-state index in [1.807, 2.05) is 0 Å². The molecule has 6 heteroatoms. The van der Waals surface area contributed by atoms with Gasteiger partial charge in [0, 0.05) is 19.1 Å². The third kappa shape index (κ3) is 4.33. The van der Waals surface area contributed by atoms with E-state index in [0.29, 0.717) is 25.4 Å². The zero-order valence-electron chi connectivity index (χ0n) is 12.9. The van der Waals surface area contributed by atoms with E-state index in [2.05, 4.69) is 22.5 Å². The molecule has 0 aromatic rings. The fourth-order valence-corrected chi connectivity index (χ4v) is 3.16. The Morgan fingerprint density at radius 1 is 1.24 bits per heavy atom. The van der Waals surface area contributed by atoms with Crippen molar-refractivity contribution in [1.82, 2.24) is 15.5 Å². The van der Waals surface area contributed by atoms with E-state index in [9.17, 15) is 14.7 Å². The molecule has 0 aliphatic heterocycles. The van der Waals surface area contributed by atoms with Gasteiger partial charge in [0.15, 0.2) is 0 Å². The smallest absolute Gasteiger partial charge is 0.329 e. The summed E-state index contributed by atoms with van der Waals surface area (Å²) in [6.07, 6.45) is 6.32. The number of nitrogens with zero attached hydrogens (tertiary/aromatic N) is 1. The second kappa shape index (κ2) is 7.11. The summed E-state index contributed by atoms with van der Waals surface area (Å²) in [5, 5.41) is 14.9. The maximum atomic E-state index is 12.0. The van der Waals surface area contributed by atoms with Crippen LogP contribution in [0.25, 0.3) is 0 Å². The highest BCUT2D eigenvalue weighted by atomic mass is 16.4. The van der Waals surface area contributed by atoms with E-state index in [-0.39, 0.29) is 6.03 Å². The van der Waals surface area contributed by atoms with Crippen molar-refractivity contribution in [2.24, 2.45) is 0 Å². The highest BCUT2D eigenvalue weighted by molar-refractivity contribution is 5.86. The number of rotatable bonds is 7. The van der Waals surface area contributed by atoms with Crippen molar-refractivity contribution in [3.8, 4) is 0 Å². The van der Waals surface area contributed by atoms with Gasteiger partial charge in [-0.05, 0) is 32.2 Å². The predicted octanol–water partition coefficient (Wildman–Crippen LogP) is 1.56. The molecular formula is C15H27N3O3. The van der Waals surface area contributed by atoms with Gasteiger partial charge in [-0.25, -0.2) is 9.59 Å². The van der Waals surface area contributed by atoms with Crippen LogP contribution in [0.2, 0.25) is 0 Å². The number of carboxylic acids is 1. The molecule has 2 fully saturated rings. The molecule has 6 nitrogen and oxygen atoms in total. The van der Waals surface area contributed by atoms with Gasteiger partial charge >= 0.3 is 12.0 Å². The van der Waals surface area contributed by atoms with E-state index >= 15 is 0 Å². The zero-order chi connectivity index (χ0) is 15.3. The molecule has 3 N–H and O–H groups in total. The van der Waals surface area contributed by atoms with Gasteiger partial charge in [-0.2, -0.15) is 0 Å². The monoisotopic (exact) mass is 297 g/mol. The van der Waals surface area contributed by atoms with E-state index < -0.39 is 11.5 Å². The minimum absolute atomic E-state index is 0.355. The second-order valence-electron chi connectivity index (χ2n) is 6.19. The fraction of sp³-hybridized carbons (Fsp3) is 0.867. The maximum absolute atomic E-state index is 12.0. The van der Waals surface area contributed by atoms with Crippen molar-refractivity contribution in [3.05, 3.63) is 0 Å². The van der Waals surface area contributed by atoms with Crippen LogP contribution in [0.1, 0.15) is 51.9 Å². The molecule has 0 saturated heterocycles. The molecule has 2 aliphatic carbocycles. The van der Waals surface area contributed by atoms with Crippen LogP contribution in [0.4, 0.5) is 4.79 Å². The van der Waals surface area contributed by atoms with E-state index in [0.717, 1.165) is 32.4 Å². The van der Waals surface area contributed by atoms with Gasteiger partial charge in [0.2, 0.25) is 0 Å². The van der Waals surface area contributed by atoms with Crippen molar-refractivity contribution >= 4 is 12.0 Å². The molecule has 120 valence electrons. The van der Waals surface area contributed by atoms with Gasteiger partial charge in [0.1, 0.15) is 5.54 Å². The lowest BCUT2D eigenvalue weighted by Crippen LogP contribution is -2.58. The van der Waals surface area contributed by atoms with Gasteiger partial charge < -0.3 is 15.7 Å². The summed E-state index contributed by atoms with van der Waals surface area (Å²) in [5.41, 5.74) is -1.07. The average molecular weight is 297 g/mol. The molecule has 0 spiro atoms. The van der Waals surface area contributed by atoms with Crippen molar-refractivity contribution in [2.75, 3.05) is 19.6 Å². The summed E-state index contributed by atoms with van der Waals surface area (Å²) in [5.74, 6) is -0.912. The molecule has 0 heterocycles. The van der Waals surface area contributed by atoms with Crippen LogP contribution in [0.5, 0.6) is 0 Å². The summed E-state index contributed by atoms with van der Waals surface area (Å²) < 4.78 is 0. The quantitative estimate of drug-likeness (QED) is 0.666. The number of amides is 2. The Labute approximate surface area is 126 Å². The topological polar surface area (TPSA) is 81.7 Å². The second-order valence-corrected chi connectivity index (χ2v) is 6.19. The summed E-state index contributed by atoms with van der Waals surface area (Å²) in [4.78, 5) is 25.8. The number of carbonyl (C=O) groups excluding carboxylic acids is 1. The first-order chi connectivity index (χ1) is 10.1. The SMILES string of the molecule is CCN(CCNC(=O)NC1(C(=O)O)CCCCC1)C1CC1. The van der Waals surface area contributed by atoms with Crippen LogP contribution in [0, 0.1) is 0 Å². The number of carboxylic acid groups (broad SMARTS) is 1. The Morgan fingerprint density at radius 2 is 1.90 bits per heavy atom. The lowest BCUT2D eigenvalue weighted by Gasteiger charge is -2.34. The third-order valence-corrected chi connectivity index (χ3v) is 4.62. The van der Waals surface area contributed by atoms with E-state index in [1.54, 1.807) is 0 Å². The van der Waals surface area contributed by atoms with Crippen molar-refractivity contribution in [3.63, 3.8) is 0 Å². The van der Waals surface area contributed by atoms with Crippen molar-refractivity contribution in [1.29, 1.82) is 0 Å². The molecule has 0 aromatic heterocycles. The number of carbonyl (C=O) groups is 2. The number of nitrogens with one attached hydrogen (secondary N) is 2. The summed E-state index contributed by atoms with van der Waals surface area (Å²) in [7, 11) is 0. The molecule has 2 rings (SSSR count). The molecule has 2 aliphatic rings. The molecule has 0 bridgehead atoms. The molecular weight excluding hydrogens is 270 g/mol. The maximum Gasteiger partial charge on any atom is 0.329 e. The van der Waals surface area contributed by atoms with Gasteiger partial charge in [0.25, 0.3) is 0 Å². The minimum Gasteiger partial charge on any atom is -0.480 e.